The third-order valence-electron chi connectivity index (χ3n) is 3.02. The third-order valence-corrected chi connectivity index (χ3v) is 3.02. The quantitative estimate of drug-likeness (QED) is 0.436. The molecule has 1 heterocycles. The van der Waals surface area contributed by atoms with Crippen LogP contribution in [0.25, 0.3) is 0 Å². The van der Waals surface area contributed by atoms with Gasteiger partial charge in [-0.1, -0.05) is 18.6 Å². The van der Waals surface area contributed by atoms with Gasteiger partial charge in [-0.3, -0.25) is 4.99 Å². The van der Waals surface area contributed by atoms with E-state index in [1.807, 2.05) is 7.05 Å². The van der Waals surface area contributed by atoms with Crippen molar-refractivity contribution >= 4 is 5.96 Å². The summed E-state index contributed by atoms with van der Waals surface area (Å²) in [6.45, 7) is 6.90. The van der Waals surface area contributed by atoms with E-state index in [4.69, 9.17) is 4.74 Å². The van der Waals surface area contributed by atoms with Crippen molar-refractivity contribution < 1.29 is 4.74 Å². The van der Waals surface area contributed by atoms with Crippen molar-refractivity contribution in [2.75, 3.05) is 26.8 Å². The number of nitrogens with zero attached hydrogens (tertiary/aromatic N) is 1. The maximum atomic E-state index is 5.28. The van der Waals surface area contributed by atoms with E-state index in [0.717, 1.165) is 45.0 Å². The summed E-state index contributed by atoms with van der Waals surface area (Å²) in [5.74, 6) is 0.895. The van der Waals surface area contributed by atoms with E-state index in [-0.39, 0.29) is 0 Å². The van der Waals surface area contributed by atoms with Gasteiger partial charge in [-0.05, 0) is 26.2 Å². The molecule has 0 amide bonds. The minimum absolute atomic E-state index is 0.462. The second-order valence-corrected chi connectivity index (χ2v) is 4.39. The molecule has 1 rings (SSSR count). The zero-order valence-electron chi connectivity index (χ0n) is 11.3. The van der Waals surface area contributed by atoms with Crippen LogP contribution in [0, 0.1) is 0 Å². The van der Waals surface area contributed by atoms with Gasteiger partial charge in [0.2, 0.25) is 0 Å². The molecular weight excluding hydrogens is 214 g/mol. The van der Waals surface area contributed by atoms with Crippen molar-refractivity contribution in [3.05, 3.63) is 11.6 Å². The van der Waals surface area contributed by atoms with Gasteiger partial charge in [0.25, 0.3) is 0 Å². The normalized spacial score (nSPS) is 18.5. The van der Waals surface area contributed by atoms with Crippen LogP contribution in [0.4, 0.5) is 0 Å². The van der Waals surface area contributed by atoms with Gasteiger partial charge < -0.3 is 15.4 Å². The molecule has 0 spiro atoms. The molecule has 1 atom stereocenters. The Bertz CT molecular complexity index is 274. The Balaban J connectivity index is 2.21. The minimum Gasteiger partial charge on any atom is -0.377 e. The first kappa shape index (κ1) is 14.0. The molecule has 1 aliphatic rings. The number of guanidine groups is 1. The lowest BCUT2D eigenvalue weighted by atomic mass is 10.1. The summed E-state index contributed by atoms with van der Waals surface area (Å²) in [7, 11) is 1.81. The SMILES string of the molecule is CCC(C)NC(=NC)NCCC1=CCOCC1. The molecule has 1 aliphatic heterocycles. The van der Waals surface area contributed by atoms with Crippen LogP contribution in [0.3, 0.4) is 0 Å². The first-order chi connectivity index (χ1) is 8.26. The van der Waals surface area contributed by atoms with Crippen molar-refractivity contribution in [1.82, 2.24) is 10.6 Å². The first-order valence-electron chi connectivity index (χ1n) is 6.49. The van der Waals surface area contributed by atoms with E-state index in [2.05, 4.69) is 35.5 Å². The van der Waals surface area contributed by atoms with Gasteiger partial charge in [0.05, 0.1) is 13.2 Å². The van der Waals surface area contributed by atoms with Crippen molar-refractivity contribution in [2.45, 2.75) is 39.2 Å². The second kappa shape index (κ2) is 8.12. The number of hydrogen-bond donors (Lipinski definition) is 2. The predicted molar refractivity (Wildman–Crippen MR) is 72.4 cm³/mol. The third kappa shape index (κ3) is 5.73. The Labute approximate surface area is 105 Å². The van der Waals surface area contributed by atoms with E-state index >= 15 is 0 Å². The van der Waals surface area contributed by atoms with Gasteiger partial charge in [-0.2, -0.15) is 0 Å². The van der Waals surface area contributed by atoms with Crippen molar-refractivity contribution in [3.63, 3.8) is 0 Å². The van der Waals surface area contributed by atoms with Gasteiger partial charge in [0.1, 0.15) is 0 Å². The molecule has 1 unspecified atom stereocenters. The Hall–Kier alpha value is -1.03. The van der Waals surface area contributed by atoms with Crippen molar-refractivity contribution in [3.8, 4) is 0 Å². The topological polar surface area (TPSA) is 45.7 Å². The zero-order chi connectivity index (χ0) is 12.5. The standard InChI is InChI=1S/C13H25N3O/c1-4-11(2)16-13(14-3)15-8-5-12-6-9-17-10-7-12/h6,11H,4-5,7-10H2,1-3H3,(H2,14,15,16). The number of rotatable bonds is 5. The van der Waals surface area contributed by atoms with E-state index in [0.29, 0.717) is 6.04 Å². The molecule has 0 radical (unpaired) electrons. The summed E-state index contributed by atoms with van der Waals surface area (Å²) < 4.78 is 5.28. The zero-order valence-corrected chi connectivity index (χ0v) is 11.3. The summed E-state index contributed by atoms with van der Waals surface area (Å²) in [5, 5.41) is 6.69. The van der Waals surface area contributed by atoms with Gasteiger partial charge in [0.15, 0.2) is 5.96 Å². The molecular formula is C13H25N3O. The van der Waals surface area contributed by atoms with E-state index < -0.39 is 0 Å². The van der Waals surface area contributed by atoms with Crippen LogP contribution < -0.4 is 10.6 Å². The van der Waals surface area contributed by atoms with Crippen LogP contribution in [-0.2, 0) is 4.74 Å². The highest BCUT2D eigenvalue weighted by atomic mass is 16.5. The number of nitrogens with one attached hydrogen (secondary N) is 2. The van der Waals surface area contributed by atoms with Crippen LogP contribution in [0.5, 0.6) is 0 Å². The lowest BCUT2D eigenvalue weighted by Crippen LogP contribution is -2.42. The Kier molecular flexibility index (Phi) is 6.70. The van der Waals surface area contributed by atoms with Crippen LogP contribution in [-0.4, -0.2) is 38.8 Å². The number of hydrogen-bond acceptors (Lipinski definition) is 2. The molecule has 4 heteroatoms. The average Bonchev–Trinajstić information content (AvgIpc) is 2.38. The van der Waals surface area contributed by atoms with Gasteiger partial charge >= 0.3 is 0 Å². The lowest BCUT2D eigenvalue weighted by molar-refractivity contribution is 0.153. The highest BCUT2D eigenvalue weighted by Gasteiger charge is 2.05. The number of aliphatic imine (C=N–C) groups is 1. The summed E-state index contributed by atoms with van der Waals surface area (Å²) in [6, 6.07) is 0.462. The summed E-state index contributed by atoms with van der Waals surface area (Å²) in [5.41, 5.74) is 1.49. The maximum absolute atomic E-state index is 5.28. The molecule has 0 aromatic carbocycles. The Morgan fingerprint density at radius 3 is 3.00 bits per heavy atom. The molecule has 4 nitrogen and oxygen atoms in total. The highest BCUT2D eigenvalue weighted by molar-refractivity contribution is 5.79. The fourth-order valence-electron chi connectivity index (χ4n) is 1.66. The highest BCUT2D eigenvalue weighted by Crippen LogP contribution is 2.10. The van der Waals surface area contributed by atoms with Gasteiger partial charge in [-0.15, -0.1) is 0 Å². The van der Waals surface area contributed by atoms with E-state index in [1.165, 1.54) is 5.57 Å². The largest absolute Gasteiger partial charge is 0.377 e. The molecule has 0 saturated heterocycles. The molecule has 0 bridgehead atoms. The molecule has 98 valence electrons. The monoisotopic (exact) mass is 239 g/mol. The maximum Gasteiger partial charge on any atom is 0.191 e. The molecule has 0 aliphatic carbocycles. The molecule has 0 aromatic heterocycles. The summed E-state index contributed by atoms with van der Waals surface area (Å²) >= 11 is 0. The molecule has 0 aromatic rings. The Morgan fingerprint density at radius 1 is 1.59 bits per heavy atom. The molecule has 17 heavy (non-hydrogen) atoms. The molecule has 2 N–H and O–H groups in total. The van der Waals surface area contributed by atoms with E-state index in [1.54, 1.807) is 0 Å². The second-order valence-electron chi connectivity index (χ2n) is 4.39. The molecule has 0 saturated carbocycles. The van der Waals surface area contributed by atoms with Crippen LogP contribution in [0.2, 0.25) is 0 Å². The molecule has 0 fully saturated rings. The Morgan fingerprint density at radius 2 is 2.41 bits per heavy atom. The summed E-state index contributed by atoms with van der Waals surface area (Å²) in [6.07, 6.45) is 5.43. The van der Waals surface area contributed by atoms with Crippen molar-refractivity contribution in [2.24, 2.45) is 4.99 Å². The van der Waals surface area contributed by atoms with Gasteiger partial charge in [0, 0.05) is 19.6 Å². The average molecular weight is 239 g/mol. The fourth-order valence-corrected chi connectivity index (χ4v) is 1.66. The van der Waals surface area contributed by atoms with Crippen LogP contribution >= 0.6 is 0 Å². The predicted octanol–water partition coefficient (Wildman–Crippen LogP) is 1.69. The number of ether oxygens (including phenoxy) is 1. The van der Waals surface area contributed by atoms with Crippen LogP contribution in [0.1, 0.15) is 33.1 Å². The van der Waals surface area contributed by atoms with E-state index in [9.17, 15) is 0 Å². The lowest BCUT2D eigenvalue weighted by Gasteiger charge is -2.18. The summed E-state index contributed by atoms with van der Waals surface area (Å²) in [4.78, 5) is 4.21. The van der Waals surface area contributed by atoms with Gasteiger partial charge in [-0.25, -0.2) is 0 Å². The van der Waals surface area contributed by atoms with Crippen LogP contribution in [0.15, 0.2) is 16.6 Å². The first-order valence-corrected chi connectivity index (χ1v) is 6.49. The fraction of sp³-hybridized carbons (Fsp3) is 0.769. The van der Waals surface area contributed by atoms with Crippen molar-refractivity contribution in [1.29, 1.82) is 0 Å². The smallest absolute Gasteiger partial charge is 0.191 e. The minimum atomic E-state index is 0.462.